The topological polar surface area (TPSA) is 25.8 Å². The number of rotatable bonds is 2. The summed E-state index contributed by atoms with van der Waals surface area (Å²) in [5.74, 6) is 0.740. The van der Waals surface area contributed by atoms with Gasteiger partial charge >= 0.3 is 0 Å². The summed E-state index contributed by atoms with van der Waals surface area (Å²) in [4.78, 5) is 9.86. The van der Waals surface area contributed by atoms with E-state index in [2.05, 4.69) is 30.7 Å². The standard InChI is InChI=1S/C14H14Cl2N2S/c1-14(2,3)13-17-11(16)8-12(18-13)19-10-6-4-5-9(15)7-10/h4-8H,1-3H3. The van der Waals surface area contributed by atoms with Gasteiger partial charge in [-0.15, -0.1) is 0 Å². The Balaban J connectivity index is 2.33. The molecule has 1 heterocycles. The first kappa shape index (κ1) is 14.6. The quantitative estimate of drug-likeness (QED) is 0.710. The lowest BCUT2D eigenvalue weighted by atomic mass is 9.96. The minimum absolute atomic E-state index is 0.130. The lowest BCUT2D eigenvalue weighted by molar-refractivity contribution is 0.538. The molecular weight excluding hydrogens is 299 g/mol. The maximum Gasteiger partial charge on any atom is 0.136 e. The fourth-order valence-corrected chi connectivity index (χ4v) is 2.82. The van der Waals surface area contributed by atoms with E-state index in [4.69, 9.17) is 23.2 Å². The van der Waals surface area contributed by atoms with Crippen molar-refractivity contribution in [1.29, 1.82) is 0 Å². The van der Waals surface area contributed by atoms with Gasteiger partial charge in [-0.05, 0) is 18.2 Å². The highest BCUT2D eigenvalue weighted by molar-refractivity contribution is 7.99. The molecule has 1 aromatic heterocycles. The zero-order valence-electron chi connectivity index (χ0n) is 10.9. The minimum atomic E-state index is -0.130. The second-order valence-electron chi connectivity index (χ2n) is 5.16. The molecule has 1 aromatic carbocycles. The Morgan fingerprint density at radius 3 is 2.42 bits per heavy atom. The van der Waals surface area contributed by atoms with Crippen molar-refractivity contribution in [3.8, 4) is 0 Å². The molecule has 2 nitrogen and oxygen atoms in total. The Labute approximate surface area is 127 Å². The molecule has 0 atom stereocenters. The summed E-state index contributed by atoms with van der Waals surface area (Å²) in [6.45, 7) is 6.19. The van der Waals surface area contributed by atoms with Crippen LogP contribution in [0.3, 0.4) is 0 Å². The number of halogens is 2. The number of aromatic nitrogens is 2. The summed E-state index contributed by atoms with van der Waals surface area (Å²) in [6, 6.07) is 9.42. The Kier molecular flexibility index (Phi) is 4.39. The van der Waals surface area contributed by atoms with Crippen molar-refractivity contribution in [3.05, 3.63) is 46.3 Å². The molecule has 0 aliphatic heterocycles. The van der Waals surface area contributed by atoms with E-state index in [-0.39, 0.29) is 5.41 Å². The molecule has 2 rings (SSSR count). The van der Waals surface area contributed by atoms with E-state index < -0.39 is 0 Å². The van der Waals surface area contributed by atoms with Crippen LogP contribution in [-0.4, -0.2) is 9.97 Å². The summed E-state index contributed by atoms with van der Waals surface area (Å²) >= 11 is 13.6. The molecule has 0 bridgehead atoms. The van der Waals surface area contributed by atoms with Crippen molar-refractivity contribution >= 4 is 35.0 Å². The van der Waals surface area contributed by atoms with E-state index in [1.54, 1.807) is 6.07 Å². The first-order valence-electron chi connectivity index (χ1n) is 5.83. The lowest BCUT2D eigenvalue weighted by Gasteiger charge is -2.17. The van der Waals surface area contributed by atoms with Crippen molar-refractivity contribution in [2.75, 3.05) is 0 Å². The SMILES string of the molecule is CC(C)(C)c1nc(Cl)cc(Sc2cccc(Cl)c2)n1. The van der Waals surface area contributed by atoms with Crippen LogP contribution in [0, 0.1) is 0 Å². The summed E-state index contributed by atoms with van der Waals surface area (Å²) in [5, 5.41) is 2.00. The maximum absolute atomic E-state index is 6.06. The van der Waals surface area contributed by atoms with Gasteiger partial charge < -0.3 is 0 Å². The van der Waals surface area contributed by atoms with Gasteiger partial charge in [0.15, 0.2) is 0 Å². The van der Waals surface area contributed by atoms with Crippen molar-refractivity contribution in [1.82, 2.24) is 9.97 Å². The van der Waals surface area contributed by atoms with Gasteiger partial charge in [0.25, 0.3) is 0 Å². The molecular formula is C14H14Cl2N2S. The van der Waals surface area contributed by atoms with E-state index >= 15 is 0 Å². The molecule has 0 amide bonds. The molecule has 0 saturated heterocycles. The van der Waals surface area contributed by atoms with Crippen LogP contribution in [0.1, 0.15) is 26.6 Å². The van der Waals surface area contributed by atoms with E-state index in [9.17, 15) is 0 Å². The smallest absolute Gasteiger partial charge is 0.136 e. The Morgan fingerprint density at radius 2 is 1.79 bits per heavy atom. The van der Waals surface area contributed by atoms with Crippen LogP contribution in [0.5, 0.6) is 0 Å². The molecule has 0 saturated carbocycles. The average molecular weight is 313 g/mol. The van der Waals surface area contributed by atoms with Crippen molar-refractivity contribution in [3.63, 3.8) is 0 Å². The van der Waals surface area contributed by atoms with Gasteiger partial charge in [0.2, 0.25) is 0 Å². The number of hydrogen-bond donors (Lipinski definition) is 0. The number of hydrogen-bond acceptors (Lipinski definition) is 3. The normalized spacial score (nSPS) is 11.6. The molecule has 0 aliphatic carbocycles. The lowest BCUT2D eigenvalue weighted by Crippen LogP contribution is -2.16. The predicted molar refractivity (Wildman–Crippen MR) is 81.3 cm³/mol. The van der Waals surface area contributed by atoms with Crippen LogP contribution in [0.2, 0.25) is 10.2 Å². The van der Waals surface area contributed by atoms with Crippen molar-refractivity contribution in [2.45, 2.75) is 36.1 Å². The summed E-state index contributed by atoms with van der Waals surface area (Å²) in [5.41, 5.74) is -0.130. The fourth-order valence-electron chi connectivity index (χ4n) is 1.44. The van der Waals surface area contributed by atoms with Crippen LogP contribution in [0.15, 0.2) is 40.3 Å². The Morgan fingerprint density at radius 1 is 1.05 bits per heavy atom. The van der Waals surface area contributed by atoms with Gasteiger partial charge in [0.1, 0.15) is 16.0 Å². The fraction of sp³-hybridized carbons (Fsp3) is 0.286. The third-order valence-electron chi connectivity index (χ3n) is 2.36. The molecule has 0 aliphatic rings. The third kappa shape index (κ3) is 4.10. The molecule has 0 N–H and O–H groups in total. The Bertz CT molecular complexity index is 594. The number of nitrogens with zero attached hydrogens (tertiary/aromatic N) is 2. The third-order valence-corrected chi connectivity index (χ3v) is 3.70. The van der Waals surface area contributed by atoms with E-state index in [0.29, 0.717) is 10.2 Å². The van der Waals surface area contributed by atoms with Gasteiger partial charge in [0.05, 0.1) is 0 Å². The first-order chi connectivity index (χ1) is 8.84. The molecule has 2 aromatic rings. The van der Waals surface area contributed by atoms with E-state index in [1.807, 2.05) is 24.3 Å². The molecule has 0 fully saturated rings. The first-order valence-corrected chi connectivity index (χ1v) is 7.40. The van der Waals surface area contributed by atoms with Gasteiger partial charge in [-0.1, -0.05) is 61.8 Å². The number of benzene rings is 1. The second-order valence-corrected chi connectivity index (χ2v) is 7.08. The van der Waals surface area contributed by atoms with Crippen LogP contribution >= 0.6 is 35.0 Å². The van der Waals surface area contributed by atoms with E-state index in [0.717, 1.165) is 15.7 Å². The molecule has 5 heteroatoms. The molecule has 0 spiro atoms. The van der Waals surface area contributed by atoms with E-state index in [1.165, 1.54) is 11.8 Å². The van der Waals surface area contributed by atoms with Gasteiger partial charge in [-0.2, -0.15) is 0 Å². The van der Waals surface area contributed by atoms with Crippen molar-refractivity contribution in [2.24, 2.45) is 0 Å². The predicted octanol–water partition coefficient (Wildman–Crippen LogP) is 5.23. The molecule has 0 radical (unpaired) electrons. The van der Waals surface area contributed by atoms with Crippen LogP contribution in [0.25, 0.3) is 0 Å². The zero-order valence-corrected chi connectivity index (χ0v) is 13.3. The molecule has 19 heavy (non-hydrogen) atoms. The van der Waals surface area contributed by atoms with Gasteiger partial charge in [-0.25, -0.2) is 9.97 Å². The maximum atomic E-state index is 6.06. The molecule has 100 valence electrons. The highest BCUT2D eigenvalue weighted by Crippen LogP contribution is 2.31. The van der Waals surface area contributed by atoms with Gasteiger partial charge in [0, 0.05) is 21.4 Å². The van der Waals surface area contributed by atoms with Crippen LogP contribution < -0.4 is 0 Å². The minimum Gasteiger partial charge on any atom is -0.226 e. The van der Waals surface area contributed by atoms with Crippen molar-refractivity contribution < 1.29 is 0 Å². The average Bonchev–Trinajstić information content (AvgIpc) is 2.26. The largest absolute Gasteiger partial charge is 0.226 e. The highest BCUT2D eigenvalue weighted by atomic mass is 35.5. The van der Waals surface area contributed by atoms with Crippen LogP contribution in [0.4, 0.5) is 0 Å². The zero-order chi connectivity index (χ0) is 14.0. The summed E-state index contributed by atoms with van der Waals surface area (Å²) in [7, 11) is 0. The van der Waals surface area contributed by atoms with Crippen LogP contribution in [-0.2, 0) is 5.41 Å². The highest BCUT2D eigenvalue weighted by Gasteiger charge is 2.19. The second kappa shape index (κ2) is 5.70. The van der Waals surface area contributed by atoms with Gasteiger partial charge in [-0.3, -0.25) is 0 Å². The monoisotopic (exact) mass is 312 g/mol. The molecule has 0 unspecified atom stereocenters. The summed E-state index contributed by atoms with van der Waals surface area (Å²) in [6.07, 6.45) is 0. The Hall–Kier alpha value is -0.770. The summed E-state index contributed by atoms with van der Waals surface area (Å²) < 4.78 is 0.